The monoisotopic (exact) mass is 444 g/mol. The minimum absolute atomic E-state index is 0.154. The van der Waals surface area contributed by atoms with Gasteiger partial charge in [0.25, 0.3) is 5.91 Å². The van der Waals surface area contributed by atoms with Crippen LogP contribution in [0.4, 0.5) is 0 Å². The number of hydrogen-bond acceptors (Lipinski definition) is 5. The third-order valence-electron chi connectivity index (χ3n) is 5.88. The lowest BCUT2D eigenvalue weighted by Gasteiger charge is -2.37. The molecule has 1 amide bonds. The first kappa shape index (κ1) is 22.9. The molecule has 3 heterocycles. The maximum absolute atomic E-state index is 12.9. The van der Waals surface area contributed by atoms with Crippen LogP contribution in [-0.2, 0) is 6.54 Å². The third-order valence-corrected chi connectivity index (χ3v) is 5.88. The molecule has 1 saturated heterocycles. The number of carbonyl (C=O) groups is 1. The zero-order valence-electron chi connectivity index (χ0n) is 19.4. The van der Waals surface area contributed by atoms with E-state index in [0.29, 0.717) is 5.69 Å². The highest BCUT2D eigenvalue weighted by atomic mass is 16.5. The number of nitrogens with one attached hydrogen (secondary N) is 1. The number of amides is 1. The number of hydrogen-bond donors (Lipinski definition) is 1. The van der Waals surface area contributed by atoms with Gasteiger partial charge in [-0.25, -0.2) is 0 Å². The zero-order chi connectivity index (χ0) is 23.0. The van der Waals surface area contributed by atoms with Crippen LogP contribution in [0.3, 0.4) is 0 Å². The van der Waals surface area contributed by atoms with E-state index in [9.17, 15) is 4.79 Å². The lowest BCUT2D eigenvalue weighted by molar-refractivity contribution is 0.0870. The molecule has 1 aliphatic heterocycles. The summed E-state index contributed by atoms with van der Waals surface area (Å²) in [5.74, 6) is 1.00. The van der Waals surface area contributed by atoms with Gasteiger partial charge in [-0.05, 0) is 81.1 Å². The Morgan fingerprint density at radius 2 is 1.91 bits per heavy atom. The second kappa shape index (κ2) is 11.1. The number of nitrogens with zero attached hydrogens (tertiary/aromatic N) is 3. The summed E-state index contributed by atoms with van der Waals surface area (Å²) in [5, 5.41) is 3.22. The molecular weight excluding hydrogens is 412 g/mol. The zero-order valence-corrected chi connectivity index (χ0v) is 19.4. The molecule has 0 bridgehead atoms. The molecule has 6 nitrogen and oxygen atoms in total. The lowest BCUT2D eigenvalue weighted by Crippen LogP contribution is -2.43. The summed E-state index contributed by atoms with van der Waals surface area (Å²) in [5.41, 5.74) is 2.55. The highest BCUT2D eigenvalue weighted by Gasteiger charge is 2.31. The molecule has 6 heteroatoms. The van der Waals surface area contributed by atoms with E-state index in [1.807, 2.05) is 50.2 Å². The van der Waals surface area contributed by atoms with Crippen LogP contribution in [0.25, 0.3) is 0 Å². The van der Waals surface area contributed by atoms with Gasteiger partial charge in [0, 0.05) is 25.5 Å². The molecule has 0 unspecified atom stereocenters. The molecule has 0 radical (unpaired) electrons. The molecule has 4 rings (SSSR count). The Kier molecular flexibility index (Phi) is 7.68. The fourth-order valence-electron chi connectivity index (χ4n) is 4.46. The van der Waals surface area contributed by atoms with E-state index < -0.39 is 0 Å². The van der Waals surface area contributed by atoms with E-state index in [4.69, 9.17) is 4.74 Å². The van der Waals surface area contributed by atoms with Gasteiger partial charge in [0.15, 0.2) is 0 Å². The minimum atomic E-state index is -0.167. The Morgan fingerprint density at radius 1 is 1.09 bits per heavy atom. The van der Waals surface area contributed by atoms with Crippen molar-refractivity contribution < 1.29 is 9.53 Å². The topological polar surface area (TPSA) is 67.3 Å². The molecule has 1 fully saturated rings. The molecule has 1 N–H and O–H groups in total. The van der Waals surface area contributed by atoms with Crippen molar-refractivity contribution in [2.75, 3.05) is 13.1 Å². The first-order chi connectivity index (χ1) is 16.1. The number of aromatic nitrogens is 2. The van der Waals surface area contributed by atoms with E-state index in [1.54, 1.807) is 18.5 Å². The van der Waals surface area contributed by atoms with Crippen LogP contribution in [0, 0.1) is 5.92 Å². The number of rotatable bonds is 8. The van der Waals surface area contributed by atoms with Crippen LogP contribution < -0.4 is 10.1 Å². The Morgan fingerprint density at radius 3 is 2.64 bits per heavy atom. The molecule has 172 valence electrons. The van der Waals surface area contributed by atoms with Crippen LogP contribution in [0.2, 0.25) is 0 Å². The molecule has 0 aliphatic carbocycles. The molecule has 2 aromatic heterocycles. The van der Waals surface area contributed by atoms with Gasteiger partial charge in [-0.3, -0.25) is 19.7 Å². The van der Waals surface area contributed by atoms with Crippen molar-refractivity contribution in [1.82, 2.24) is 20.2 Å². The number of likely N-dealkylation sites (tertiary alicyclic amines) is 1. The largest absolute Gasteiger partial charge is 0.491 e. The van der Waals surface area contributed by atoms with Gasteiger partial charge in [0.05, 0.1) is 17.8 Å². The molecule has 1 aliphatic rings. The fraction of sp³-hybridized carbons (Fsp3) is 0.370. The lowest BCUT2D eigenvalue weighted by atomic mass is 9.88. The number of ether oxygens (including phenoxy) is 1. The normalized spacial score (nSPS) is 17.5. The smallest absolute Gasteiger partial charge is 0.270 e. The van der Waals surface area contributed by atoms with E-state index in [0.717, 1.165) is 43.9 Å². The quantitative estimate of drug-likeness (QED) is 0.548. The van der Waals surface area contributed by atoms with Crippen LogP contribution in [0.1, 0.15) is 54.5 Å². The van der Waals surface area contributed by atoms with Crippen molar-refractivity contribution in [3.8, 4) is 5.75 Å². The Hall–Kier alpha value is -3.25. The number of pyridine rings is 2. The van der Waals surface area contributed by atoms with Crippen molar-refractivity contribution in [1.29, 1.82) is 0 Å². The summed E-state index contributed by atoms with van der Waals surface area (Å²) in [6, 6.07) is 19.4. The first-order valence-corrected chi connectivity index (χ1v) is 11.7. The average molecular weight is 445 g/mol. The van der Waals surface area contributed by atoms with Gasteiger partial charge in [0.1, 0.15) is 11.4 Å². The third kappa shape index (κ3) is 6.39. The maximum Gasteiger partial charge on any atom is 0.270 e. The molecule has 3 aromatic rings. The van der Waals surface area contributed by atoms with E-state index in [-0.39, 0.29) is 24.0 Å². The van der Waals surface area contributed by atoms with Crippen molar-refractivity contribution in [3.05, 3.63) is 90.0 Å². The number of benzene rings is 1. The molecule has 2 atom stereocenters. The summed E-state index contributed by atoms with van der Waals surface area (Å²) in [7, 11) is 0. The SMILES string of the molecule is CC(C)Oc1cccc(CN2CCC[C@H]([C@H](NC(=O)c3ccccn3)c3ccccn3)C2)c1. The Bertz CT molecular complexity index is 1030. The summed E-state index contributed by atoms with van der Waals surface area (Å²) >= 11 is 0. The second-order valence-electron chi connectivity index (χ2n) is 8.87. The van der Waals surface area contributed by atoms with Crippen molar-refractivity contribution >= 4 is 5.91 Å². The molecule has 0 saturated carbocycles. The number of carbonyl (C=O) groups excluding carboxylic acids is 1. The first-order valence-electron chi connectivity index (χ1n) is 11.7. The van der Waals surface area contributed by atoms with E-state index in [1.165, 1.54) is 5.56 Å². The summed E-state index contributed by atoms with van der Waals surface area (Å²) < 4.78 is 5.87. The van der Waals surface area contributed by atoms with Gasteiger partial charge in [-0.1, -0.05) is 24.3 Å². The van der Waals surface area contributed by atoms with Crippen LogP contribution >= 0.6 is 0 Å². The van der Waals surface area contributed by atoms with Gasteiger partial charge in [-0.2, -0.15) is 0 Å². The average Bonchev–Trinajstić information content (AvgIpc) is 2.83. The van der Waals surface area contributed by atoms with Crippen LogP contribution in [0.5, 0.6) is 5.75 Å². The van der Waals surface area contributed by atoms with Crippen LogP contribution in [-0.4, -0.2) is 40.0 Å². The highest BCUT2D eigenvalue weighted by Crippen LogP contribution is 2.30. The van der Waals surface area contributed by atoms with E-state index >= 15 is 0 Å². The molecule has 0 spiro atoms. The van der Waals surface area contributed by atoms with Crippen molar-refractivity contribution in [2.45, 2.75) is 45.4 Å². The predicted octanol–water partition coefficient (Wildman–Crippen LogP) is 4.65. The van der Waals surface area contributed by atoms with Gasteiger partial charge >= 0.3 is 0 Å². The van der Waals surface area contributed by atoms with Crippen LogP contribution in [0.15, 0.2) is 73.1 Å². The minimum Gasteiger partial charge on any atom is -0.491 e. The van der Waals surface area contributed by atoms with Gasteiger partial charge in [0.2, 0.25) is 0 Å². The second-order valence-corrected chi connectivity index (χ2v) is 8.87. The Labute approximate surface area is 196 Å². The number of piperidine rings is 1. The van der Waals surface area contributed by atoms with Crippen molar-refractivity contribution in [2.24, 2.45) is 5.92 Å². The standard InChI is InChI=1S/C27H32N4O2/c1-20(2)33-23-11-7-9-21(17-23)18-31-16-8-10-22(19-31)26(24-12-3-5-14-28-24)30-27(32)25-13-4-6-15-29-25/h3-7,9,11-15,17,20,22,26H,8,10,16,18-19H2,1-2H3,(H,30,32)/t22-,26-/m0/s1. The Balaban J connectivity index is 1.49. The van der Waals surface area contributed by atoms with E-state index in [2.05, 4.69) is 38.4 Å². The predicted molar refractivity (Wildman–Crippen MR) is 129 cm³/mol. The molecule has 1 aromatic carbocycles. The molecule has 33 heavy (non-hydrogen) atoms. The summed E-state index contributed by atoms with van der Waals surface area (Å²) in [6.45, 7) is 6.86. The van der Waals surface area contributed by atoms with Gasteiger partial charge < -0.3 is 10.1 Å². The summed E-state index contributed by atoms with van der Waals surface area (Å²) in [6.07, 6.45) is 5.70. The highest BCUT2D eigenvalue weighted by molar-refractivity contribution is 5.92. The van der Waals surface area contributed by atoms with Gasteiger partial charge in [-0.15, -0.1) is 0 Å². The van der Waals surface area contributed by atoms with Crippen molar-refractivity contribution in [3.63, 3.8) is 0 Å². The fourth-order valence-corrected chi connectivity index (χ4v) is 4.46. The summed E-state index contributed by atoms with van der Waals surface area (Å²) in [4.78, 5) is 24.2. The molecular formula is C27H32N4O2. The maximum atomic E-state index is 12.9.